The van der Waals surface area contributed by atoms with Gasteiger partial charge in [0, 0.05) is 11.8 Å². The van der Waals surface area contributed by atoms with Crippen LogP contribution in [0.25, 0.3) is 0 Å². The van der Waals surface area contributed by atoms with Crippen molar-refractivity contribution in [1.29, 1.82) is 0 Å². The lowest BCUT2D eigenvalue weighted by atomic mass is 9.94. The molecule has 0 amide bonds. The number of nitrogens with zero attached hydrogens (tertiary/aromatic N) is 1. The van der Waals surface area contributed by atoms with E-state index in [-0.39, 0.29) is 16.3 Å². The van der Waals surface area contributed by atoms with E-state index in [1.165, 1.54) is 13.1 Å². The normalized spacial score (nSPS) is 27.8. The van der Waals surface area contributed by atoms with Crippen LogP contribution in [0.1, 0.15) is 32.6 Å². The number of aromatic nitrogens is 2. The number of para-hydroxylation sites is 1. The van der Waals surface area contributed by atoms with Crippen molar-refractivity contribution < 1.29 is 26.5 Å². The number of benzene rings is 1. The highest BCUT2D eigenvalue weighted by atomic mass is 32.2. The van der Waals surface area contributed by atoms with Crippen molar-refractivity contribution in [3.63, 3.8) is 0 Å². The van der Waals surface area contributed by atoms with Crippen LogP contribution in [0, 0.1) is 6.92 Å². The lowest BCUT2D eigenvalue weighted by molar-refractivity contribution is -0.140. The Morgan fingerprint density at radius 2 is 1.81 bits per heavy atom. The molecule has 1 unspecified atom stereocenters. The molecule has 196 valence electrons. The summed E-state index contributed by atoms with van der Waals surface area (Å²) >= 11 is 0. The van der Waals surface area contributed by atoms with E-state index in [1.54, 1.807) is 30.3 Å². The summed E-state index contributed by atoms with van der Waals surface area (Å²) in [6.07, 6.45) is -2.54. The Labute approximate surface area is 210 Å². The molecule has 13 heteroatoms. The molecule has 1 spiro atoms. The molecule has 36 heavy (non-hydrogen) atoms. The van der Waals surface area contributed by atoms with Gasteiger partial charge in [0.25, 0.3) is 15.7 Å². The predicted octanol–water partition coefficient (Wildman–Crippen LogP) is 2.07. The third kappa shape index (κ3) is 4.45. The zero-order valence-electron chi connectivity index (χ0n) is 21.0. The molecule has 2 aromatic rings. The fourth-order valence-electron chi connectivity index (χ4n) is 3.91. The summed E-state index contributed by atoms with van der Waals surface area (Å²) in [4.78, 5) is 27.2. The van der Waals surface area contributed by atoms with Crippen LogP contribution >= 0.6 is 0 Å². The van der Waals surface area contributed by atoms with Crippen LogP contribution in [0.2, 0.25) is 18.1 Å². The van der Waals surface area contributed by atoms with Gasteiger partial charge in [0.15, 0.2) is 14.5 Å². The molecule has 1 aromatic heterocycles. The highest BCUT2D eigenvalue weighted by Gasteiger charge is 2.68. The minimum atomic E-state index is -4.22. The molecule has 2 aliphatic rings. The number of nitrogens with two attached hydrogens (primary N) is 1. The number of ether oxygens (including phenoxy) is 2. The largest absolute Gasteiger partial charge is 0.461 e. The Kier molecular flexibility index (Phi) is 6.37. The summed E-state index contributed by atoms with van der Waals surface area (Å²) in [7, 11) is -6.88. The fraction of sp³-hybridized carbons (Fsp3) is 0.478. The number of hydrogen-bond acceptors (Lipinski definition) is 9. The second-order valence-electron chi connectivity index (χ2n) is 10.5. The second-order valence-corrected chi connectivity index (χ2v) is 16.7. The van der Waals surface area contributed by atoms with Gasteiger partial charge in [-0.15, -0.1) is 0 Å². The molecule has 0 radical (unpaired) electrons. The number of hydrogen-bond donors (Lipinski definition) is 2. The van der Waals surface area contributed by atoms with Crippen molar-refractivity contribution >= 4 is 18.4 Å². The highest BCUT2D eigenvalue weighted by Crippen LogP contribution is 2.51. The Bertz CT molecular complexity index is 1410. The van der Waals surface area contributed by atoms with Crippen LogP contribution in [0.15, 0.2) is 57.2 Å². The lowest BCUT2D eigenvalue weighted by Crippen LogP contribution is -2.59. The number of H-pyrrole nitrogens is 1. The van der Waals surface area contributed by atoms with E-state index in [0.29, 0.717) is 5.75 Å². The molecule has 1 fully saturated rings. The number of nitrogens with one attached hydrogen (secondary N) is 1. The first-order valence-corrected chi connectivity index (χ1v) is 15.8. The van der Waals surface area contributed by atoms with Crippen LogP contribution < -0.4 is 21.7 Å². The number of rotatable bonds is 5. The molecule has 0 aliphatic carbocycles. The van der Waals surface area contributed by atoms with Crippen LogP contribution in [-0.2, 0) is 23.5 Å². The Morgan fingerprint density at radius 1 is 1.17 bits per heavy atom. The molecule has 0 saturated carbocycles. The molecule has 0 bridgehead atoms. The predicted molar refractivity (Wildman–Crippen MR) is 134 cm³/mol. The fourth-order valence-corrected chi connectivity index (χ4v) is 6.39. The van der Waals surface area contributed by atoms with Crippen LogP contribution in [0.3, 0.4) is 0 Å². The maximum atomic E-state index is 12.9. The van der Waals surface area contributed by atoms with Gasteiger partial charge in [-0.1, -0.05) is 39.0 Å². The first-order valence-electron chi connectivity index (χ1n) is 11.4. The maximum Gasteiger partial charge on any atom is 0.330 e. The standard InChI is InChI=1S/C23H31N3O8SSi/c1-14-12-26(21(28)25-18(14)27)19-17(33-36(5,6)22(2,3)4)23(16(24)13-35(29,30)34-23)20(32-19)31-15-10-8-7-9-11-15/h7-13,17,19-20H,24H2,1-6H3,(H,25,27,28)/t17-,19+,20-,23?/m0/s1. The third-order valence-electron chi connectivity index (χ3n) is 6.91. The van der Waals surface area contributed by atoms with Crippen LogP contribution in [0.5, 0.6) is 5.75 Å². The van der Waals surface area contributed by atoms with E-state index in [1.807, 2.05) is 33.9 Å². The van der Waals surface area contributed by atoms with Gasteiger partial charge in [0.05, 0.1) is 11.1 Å². The van der Waals surface area contributed by atoms with Gasteiger partial charge in [-0.2, -0.15) is 8.42 Å². The van der Waals surface area contributed by atoms with E-state index in [0.717, 1.165) is 9.98 Å². The number of aryl methyl sites for hydroxylation is 1. The molecule has 1 aromatic carbocycles. The van der Waals surface area contributed by atoms with Crippen LogP contribution in [-0.4, -0.2) is 44.3 Å². The summed E-state index contributed by atoms with van der Waals surface area (Å²) in [5.74, 6) is 0.360. The van der Waals surface area contributed by atoms with Gasteiger partial charge in [0.2, 0.25) is 11.9 Å². The van der Waals surface area contributed by atoms with Crippen LogP contribution in [0.4, 0.5) is 0 Å². The number of aromatic amines is 1. The third-order valence-corrected chi connectivity index (χ3v) is 12.4. The van der Waals surface area contributed by atoms with E-state index in [9.17, 15) is 18.0 Å². The molecular formula is C23H31N3O8SSi. The first kappa shape index (κ1) is 26.4. The van der Waals surface area contributed by atoms with E-state index in [4.69, 9.17) is 23.8 Å². The van der Waals surface area contributed by atoms with Gasteiger partial charge >= 0.3 is 5.69 Å². The monoisotopic (exact) mass is 537 g/mol. The van der Waals surface area contributed by atoms with Gasteiger partial charge in [-0.05, 0) is 37.2 Å². The highest BCUT2D eigenvalue weighted by molar-refractivity contribution is 7.90. The van der Waals surface area contributed by atoms with Gasteiger partial charge in [-0.25, -0.2) is 8.98 Å². The quantitative estimate of drug-likeness (QED) is 0.431. The average molecular weight is 538 g/mol. The summed E-state index contributed by atoms with van der Waals surface area (Å²) in [5, 5.41) is 0.502. The van der Waals surface area contributed by atoms with E-state index < -0.39 is 53.9 Å². The molecule has 1 saturated heterocycles. The van der Waals surface area contributed by atoms with Crippen molar-refractivity contribution in [2.24, 2.45) is 5.73 Å². The van der Waals surface area contributed by atoms with Crippen molar-refractivity contribution in [3.8, 4) is 5.75 Å². The van der Waals surface area contributed by atoms with Gasteiger partial charge in [-0.3, -0.25) is 14.3 Å². The minimum absolute atomic E-state index is 0.177. The zero-order chi connectivity index (χ0) is 26.7. The second kappa shape index (κ2) is 8.70. The molecular weight excluding hydrogens is 506 g/mol. The zero-order valence-corrected chi connectivity index (χ0v) is 22.8. The maximum absolute atomic E-state index is 12.9. The Balaban J connectivity index is 1.94. The van der Waals surface area contributed by atoms with E-state index in [2.05, 4.69) is 4.98 Å². The molecule has 3 heterocycles. The summed E-state index contributed by atoms with van der Waals surface area (Å²) < 4.78 is 51.1. The smallest absolute Gasteiger partial charge is 0.330 e. The van der Waals surface area contributed by atoms with E-state index >= 15 is 0 Å². The molecule has 2 aliphatic heterocycles. The molecule has 11 nitrogen and oxygen atoms in total. The van der Waals surface area contributed by atoms with Crippen molar-refractivity contribution in [2.75, 3.05) is 0 Å². The molecule has 3 N–H and O–H groups in total. The lowest BCUT2D eigenvalue weighted by Gasteiger charge is -2.43. The summed E-state index contributed by atoms with van der Waals surface area (Å²) in [6, 6.07) is 8.58. The van der Waals surface area contributed by atoms with Gasteiger partial charge < -0.3 is 19.6 Å². The van der Waals surface area contributed by atoms with Crippen molar-refractivity contribution in [2.45, 2.75) is 70.1 Å². The van der Waals surface area contributed by atoms with Crippen molar-refractivity contribution in [3.05, 3.63) is 74.0 Å². The Hall–Kier alpha value is -2.71. The molecule has 4 atom stereocenters. The molecule has 4 rings (SSSR count). The Morgan fingerprint density at radius 3 is 2.36 bits per heavy atom. The topological polar surface area (TPSA) is 152 Å². The van der Waals surface area contributed by atoms with Crippen molar-refractivity contribution in [1.82, 2.24) is 9.55 Å². The summed E-state index contributed by atoms with van der Waals surface area (Å²) in [6.45, 7) is 11.5. The minimum Gasteiger partial charge on any atom is -0.461 e. The SMILES string of the molecule is Cc1cn([C@@H]2O[C@H](Oc3ccccc3)C3(OS(=O)(=O)C=C3N)[C@H]2O[Si](C)(C)C(C)(C)C)c(=O)[nH]c1=O. The average Bonchev–Trinajstić information content (AvgIpc) is 3.17. The first-order chi connectivity index (χ1) is 16.6. The van der Waals surface area contributed by atoms with Gasteiger partial charge in [0.1, 0.15) is 11.9 Å². The summed E-state index contributed by atoms with van der Waals surface area (Å²) in [5.41, 5.74) is 3.15.